The molecule has 154 valence electrons. The molecule has 0 saturated heterocycles. The molecule has 0 bridgehead atoms. The Bertz CT molecular complexity index is 1600. The minimum absolute atomic E-state index is 0.681. The number of para-hydroxylation sites is 2. The zero-order valence-corrected chi connectivity index (χ0v) is 17.6. The average molecular weight is 416 g/mol. The van der Waals surface area contributed by atoms with Gasteiger partial charge < -0.3 is 4.57 Å². The van der Waals surface area contributed by atoms with Crippen LogP contribution in [0.2, 0.25) is 0 Å². The molecule has 0 aliphatic rings. The van der Waals surface area contributed by atoms with Gasteiger partial charge in [-0.1, -0.05) is 24.3 Å². The van der Waals surface area contributed by atoms with Gasteiger partial charge in [-0.15, -0.1) is 0 Å². The predicted molar refractivity (Wildman–Crippen MR) is 125 cm³/mol. The van der Waals surface area contributed by atoms with Crippen molar-refractivity contribution < 1.29 is 0 Å². The maximum absolute atomic E-state index is 4.60. The number of benzene rings is 2. The van der Waals surface area contributed by atoms with E-state index in [1.165, 1.54) is 5.56 Å². The van der Waals surface area contributed by atoms with Gasteiger partial charge in [0.25, 0.3) is 0 Å². The lowest BCUT2D eigenvalue weighted by Gasteiger charge is -2.10. The number of imidazole rings is 1. The zero-order valence-electron chi connectivity index (χ0n) is 17.6. The highest BCUT2D eigenvalue weighted by Crippen LogP contribution is 2.24. The second-order valence-corrected chi connectivity index (χ2v) is 8.00. The molecule has 6 nitrogen and oxygen atoms in total. The van der Waals surface area contributed by atoms with Crippen LogP contribution in [0.5, 0.6) is 0 Å². The van der Waals surface area contributed by atoms with Crippen molar-refractivity contribution in [2.45, 2.75) is 19.9 Å². The summed E-state index contributed by atoms with van der Waals surface area (Å²) in [7, 11) is 0. The van der Waals surface area contributed by atoms with Crippen molar-refractivity contribution in [3.05, 3.63) is 102 Å². The van der Waals surface area contributed by atoms with Crippen molar-refractivity contribution in [2.24, 2.45) is 0 Å². The molecule has 4 aromatic heterocycles. The fraction of sp³-hybridized carbons (Fsp3) is 0.115. The van der Waals surface area contributed by atoms with Crippen LogP contribution in [0.15, 0.2) is 79.6 Å². The Balaban J connectivity index is 1.37. The van der Waals surface area contributed by atoms with Crippen molar-refractivity contribution >= 4 is 33.0 Å². The highest BCUT2D eigenvalue weighted by atomic mass is 15.0. The van der Waals surface area contributed by atoms with Crippen LogP contribution < -0.4 is 0 Å². The third-order valence-corrected chi connectivity index (χ3v) is 5.93. The van der Waals surface area contributed by atoms with Gasteiger partial charge in [-0.2, -0.15) is 0 Å². The van der Waals surface area contributed by atoms with Crippen LogP contribution in [-0.4, -0.2) is 29.5 Å². The van der Waals surface area contributed by atoms with Crippen molar-refractivity contribution in [1.29, 1.82) is 0 Å². The van der Waals surface area contributed by atoms with E-state index < -0.39 is 0 Å². The number of nitrogens with zero attached hydrogens (tertiary/aromatic N) is 6. The van der Waals surface area contributed by atoms with Crippen LogP contribution in [0.3, 0.4) is 0 Å². The molecule has 2 aromatic carbocycles. The number of fused-ring (bicyclic) bond motifs is 3. The summed E-state index contributed by atoms with van der Waals surface area (Å²) in [4.78, 5) is 22.7. The number of aryl methyl sites for hydroxylation is 1. The van der Waals surface area contributed by atoms with E-state index >= 15 is 0 Å². The SMILES string of the molecule is Cc1ccnc2c(Cc3ncnc4cc(Cn5cnc6ccccc65)ccc34)ccnc12. The first-order valence-electron chi connectivity index (χ1n) is 10.6. The lowest BCUT2D eigenvalue weighted by molar-refractivity contribution is 0.825. The van der Waals surface area contributed by atoms with Crippen LogP contribution in [0, 0.1) is 6.92 Å². The van der Waals surface area contributed by atoms with Gasteiger partial charge in [0.05, 0.1) is 39.6 Å². The molecule has 0 unspecified atom stereocenters. The normalized spacial score (nSPS) is 11.5. The Morgan fingerprint density at radius 1 is 0.781 bits per heavy atom. The van der Waals surface area contributed by atoms with Crippen LogP contribution >= 0.6 is 0 Å². The Morgan fingerprint density at radius 2 is 1.66 bits per heavy atom. The number of aromatic nitrogens is 6. The third kappa shape index (κ3) is 3.17. The van der Waals surface area contributed by atoms with Crippen molar-refractivity contribution in [2.75, 3.05) is 0 Å². The van der Waals surface area contributed by atoms with E-state index in [0.717, 1.165) is 56.3 Å². The van der Waals surface area contributed by atoms with Gasteiger partial charge in [-0.25, -0.2) is 15.0 Å². The largest absolute Gasteiger partial charge is 0.326 e. The molecule has 6 rings (SSSR count). The molecule has 6 heteroatoms. The molecule has 4 heterocycles. The van der Waals surface area contributed by atoms with Crippen molar-refractivity contribution in [3.63, 3.8) is 0 Å². The van der Waals surface area contributed by atoms with Crippen LogP contribution in [0.1, 0.15) is 22.4 Å². The van der Waals surface area contributed by atoms with Crippen molar-refractivity contribution in [1.82, 2.24) is 29.5 Å². The molecule has 32 heavy (non-hydrogen) atoms. The minimum atomic E-state index is 0.681. The summed E-state index contributed by atoms with van der Waals surface area (Å²) < 4.78 is 2.16. The summed E-state index contributed by atoms with van der Waals surface area (Å²) in [5.41, 5.74) is 9.37. The van der Waals surface area contributed by atoms with Crippen LogP contribution in [0.25, 0.3) is 33.0 Å². The molecule has 0 saturated carbocycles. The molecular weight excluding hydrogens is 396 g/mol. The predicted octanol–water partition coefficient (Wildman–Crippen LogP) is 4.87. The second-order valence-electron chi connectivity index (χ2n) is 8.00. The van der Waals surface area contributed by atoms with Gasteiger partial charge in [0, 0.05) is 30.7 Å². The average Bonchev–Trinajstić information content (AvgIpc) is 3.23. The topological polar surface area (TPSA) is 69.4 Å². The van der Waals surface area contributed by atoms with Crippen molar-refractivity contribution in [3.8, 4) is 0 Å². The lowest BCUT2D eigenvalue weighted by Crippen LogP contribution is -2.01. The van der Waals surface area contributed by atoms with E-state index in [9.17, 15) is 0 Å². The summed E-state index contributed by atoms with van der Waals surface area (Å²) in [5.74, 6) is 0. The Kier molecular flexibility index (Phi) is 4.35. The molecule has 0 fully saturated rings. The van der Waals surface area contributed by atoms with E-state index in [1.54, 1.807) is 6.33 Å². The monoisotopic (exact) mass is 416 g/mol. The summed E-state index contributed by atoms with van der Waals surface area (Å²) in [6.45, 7) is 2.81. The van der Waals surface area contributed by atoms with Gasteiger partial charge in [-0.3, -0.25) is 9.97 Å². The fourth-order valence-corrected chi connectivity index (χ4v) is 4.28. The molecule has 0 spiro atoms. The second kappa shape index (κ2) is 7.50. The smallest absolute Gasteiger partial charge is 0.116 e. The first-order chi connectivity index (χ1) is 15.8. The fourth-order valence-electron chi connectivity index (χ4n) is 4.28. The molecule has 6 aromatic rings. The molecule has 0 aliphatic carbocycles. The maximum atomic E-state index is 4.60. The number of pyridine rings is 2. The van der Waals surface area contributed by atoms with E-state index in [2.05, 4.69) is 60.7 Å². The van der Waals surface area contributed by atoms with Gasteiger partial charge in [0.1, 0.15) is 6.33 Å². The summed E-state index contributed by atoms with van der Waals surface area (Å²) in [5, 5.41) is 1.06. The Labute approximate surface area is 184 Å². The van der Waals surface area contributed by atoms with E-state index in [0.29, 0.717) is 6.42 Å². The molecule has 0 N–H and O–H groups in total. The van der Waals surface area contributed by atoms with Crippen LogP contribution in [-0.2, 0) is 13.0 Å². The molecule has 0 radical (unpaired) electrons. The quantitative estimate of drug-likeness (QED) is 0.410. The van der Waals surface area contributed by atoms with E-state index in [-0.39, 0.29) is 0 Å². The molecule has 0 atom stereocenters. The number of hydrogen-bond acceptors (Lipinski definition) is 5. The molecule has 0 amide bonds. The zero-order chi connectivity index (χ0) is 21.5. The summed E-state index contributed by atoms with van der Waals surface area (Å²) in [6, 6.07) is 18.6. The van der Waals surface area contributed by atoms with Crippen LogP contribution in [0.4, 0.5) is 0 Å². The summed E-state index contributed by atoms with van der Waals surface area (Å²) in [6.07, 6.45) is 7.91. The van der Waals surface area contributed by atoms with E-state index in [4.69, 9.17) is 0 Å². The van der Waals surface area contributed by atoms with Gasteiger partial charge in [-0.05, 0) is 53.9 Å². The first-order valence-corrected chi connectivity index (χ1v) is 10.6. The lowest BCUT2D eigenvalue weighted by atomic mass is 10.0. The minimum Gasteiger partial charge on any atom is -0.326 e. The van der Waals surface area contributed by atoms with Gasteiger partial charge in [0.15, 0.2) is 0 Å². The number of rotatable bonds is 4. The third-order valence-electron chi connectivity index (χ3n) is 5.93. The van der Waals surface area contributed by atoms with Gasteiger partial charge >= 0.3 is 0 Å². The molecule has 0 aliphatic heterocycles. The highest BCUT2D eigenvalue weighted by molar-refractivity contribution is 5.84. The highest BCUT2D eigenvalue weighted by Gasteiger charge is 2.11. The van der Waals surface area contributed by atoms with Gasteiger partial charge in [0.2, 0.25) is 0 Å². The van der Waals surface area contributed by atoms with E-state index in [1.807, 2.05) is 49.1 Å². The Hall–Kier alpha value is -4.19. The number of hydrogen-bond donors (Lipinski definition) is 0. The Morgan fingerprint density at radius 3 is 2.62 bits per heavy atom. The standard InChI is InChI=1S/C26H20N6/c1-17-8-10-28-26-19(9-11-27-25(17)26)13-23-20-7-6-18(12-22(20)29-15-30-23)14-32-16-31-21-4-2-3-5-24(21)32/h2-12,15-16H,13-14H2,1H3. The summed E-state index contributed by atoms with van der Waals surface area (Å²) >= 11 is 0. The first kappa shape index (κ1) is 18.6. The molecular formula is C26H20N6. The maximum Gasteiger partial charge on any atom is 0.116 e.